The third kappa shape index (κ3) is 8.66. The van der Waals surface area contributed by atoms with Crippen molar-refractivity contribution >= 4 is 52.5 Å². The van der Waals surface area contributed by atoms with Gasteiger partial charge >= 0.3 is 12.2 Å². The number of aromatic nitrogens is 1. The van der Waals surface area contributed by atoms with E-state index in [9.17, 15) is 18.8 Å². The first kappa shape index (κ1) is 34.3. The number of hydrogen-bond donors (Lipinski definition) is 2. The predicted molar refractivity (Wildman–Crippen MR) is 180 cm³/mol. The van der Waals surface area contributed by atoms with Crippen molar-refractivity contribution in [2.45, 2.75) is 64.9 Å². The van der Waals surface area contributed by atoms with Crippen LogP contribution in [-0.2, 0) is 20.8 Å². The Morgan fingerprint density at radius 3 is 2.62 bits per heavy atom. The molecule has 0 aliphatic carbocycles. The average Bonchev–Trinajstić information content (AvgIpc) is 3.45. The number of carbonyl (C=O) groups is 3. The lowest BCUT2D eigenvalue weighted by Crippen LogP contribution is -2.51. The smallest absolute Gasteiger partial charge is 0.418 e. The molecule has 2 N–H and O–H groups in total. The minimum absolute atomic E-state index is 0.0453. The third-order valence-corrected chi connectivity index (χ3v) is 7.89. The van der Waals surface area contributed by atoms with Gasteiger partial charge in [-0.3, -0.25) is 25.0 Å². The van der Waals surface area contributed by atoms with E-state index in [2.05, 4.69) is 20.7 Å². The number of fused-ring (bicyclic) bond motifs is 2. The lowest BCUT2D eigenvalue weighted by molar-refractivity contribution is -0.136. The van der Waals surface area contributed by atoms with Crippen LogP contribution in [0.4, 0.5) is 19.8 Å². The summed E-state index contributed by atoms with van der Waals surface area (Å²) in [6.07, 6.45) is 7.46. The maximum Gasteiger partial charge on any atom is 0.418 e. The summed E-state index contributed by atoms with van der Waals surface area (Å²) in [6, 6.07) is 13.1. The van der Waals surface area contributed by atoms with Crippen LogP contribution in [0.1, 0.15) is 46.1 Å². The highest BCUT2D eigenvalue weighted by atomic mass is 35.5. The van der Waals surface area contributed by atoms with Crippen LogP contribution < -0.4 is 10.7 Å². The number of hydrogen-bond acceptors (Lipinski definition) is 9. The molecule has 2 aliphatic rings. The lowest BCUT2D eigenvalue weighted by atomic mass is 10.1. The summed E-state index contributed by atoms with van der Waals surface area (Å²) < 4.78 is 25.2. The van der Waals surface area contributed by atoms with Crippen molar-refractivity contribution in [2.24, 2.45) is 4.99 Å². The second-order valence-electron chi connectivity index (χ2n) is 12.2. The van der Waals surface area contributed by atoms with E-state index in [-0.39, 0.29) is 30.2 Å². The van der Waals surface area contributed by atoms with Crippen LogP contribution in [0.5, 0.6) is 0 Å². The van der Waals surface area contributed by atoms with Crippen LogP contribution in [0.25, 0.3) is 10.8 Å². The Balaban J connectivity index is 1.27. The van der Waals surface area contributed by atoms with Crippen LogP contribution >= 0.6 is 11.6 Å². The summed E-state index contributed by atoms with van der Waals surface area (Å²) in [5.41, 5.74) is 3.53. The van der Waals surface area contributed by atoms with Crippen molar-refractivity contribution in [1.82, 2.24) is 25.2 Å². The quantitative estimate of drug-likeness (QED) is 0.231. The van der Waals surface area contributed by atoms with Crippen molar-refractivity contribution in [3.8, 4) is 0 Å². The fourth-order valence-electron chi connectivity index (χ4n) is 5.18. The second-order valence-corrected chi connectivity index (χ2v) is 12.6. The van der Waals surface area contributed by atoms with Gasteiger partial charge in [0.25, 0.3) is 0 Å². The molecule has 0 saturated carbocycles. The molecule has 3 heterocycles. The standard InChI is InChI=1S/C34H37ClFN7O5/c1-22(44)43(39-18-25-10-7-11-28(36)31(25)35)26(21-47-32(45)40-29-16-23-8-5-6-9-24(23)17-37-29)12-13-30-38-19-27-20-41(14-15-42(27)30)33(46)48-34(2,3)4/h5-11,14-17,19-20,26,30,39H,12-13,18,21H2,1-4H3,(H,37,40,45)/t26-,30?/m0/s1. The highest BCUT2D eigenvalue weighted by Gasteiger charge is 2.31. The third-order valence-electron chi connectivity index (χ3n) is 7.46. The number of aliphatic imine (C=N–C) groups is 1. The number of nitrogens with one attached hydrogen (secondary N) is 2. The van der Waals surface area contributed by atoms with Gasteiger partial charge in [-0.25, -0.2) is 24.4 Å². The number of carbonyl (C=O) groups excluding carboxylic acids is 3. The molecule has 2 aliphatic heterocycles. The number of halogens is 2. The molecular formula is C34H37ClFN7O5. The lowest BCUT2D eigenvalue weighted by Gasteiger charge is -2.33. The monoisotopic (exact) mass is 677 g/mol. The molecule has 12 nitrogen and oxygen atoms in total. The highest BCUT2D eigenvalue weighted by Crippen LogP contribution is 2.27. The molecule has 2 aromatic carbocycles. The van der Waals surface area contributed by atoms with Crippen LogP contribution in [0.2, 0.25) is 5.02 Å². The number of ether oxygens (including phenoxy) is 2. The van der Waals surface area contributed by atoms with Gasteiger partial charge in [-0.15, -0.1) is 0 Å². The summed E-state index contributed by atoms with van der Waals surface area (Å²) in [7, 11) is 0. The Hall–Kier alpha value is -5.01. The van der Waals surface area contributed by atoms with Crippen LogP contribution in [0.3, 0.4) is 0 Å². The molecule has 0 fully saturated rings. The molecule has 1 unspecified atom stereocenters. The molecule has 3 aromatic rings. The van der Waals surface area contributed by atoms with Crippen molar-refractivity contribution in [3.63, 3.8) is 0 Å². The summed E-state index contributed by atoms with van der Waals surface area (Å²) in [5.74, 6) is -0.615. The van der Waals surface area contributed by atoms with E-state index in [1.54, 1.807) is 63.9 Å². The van der Waals surface area contributed by atoms with Gasteiger partial charge in [0.2, 0.25) is 5.91 Å². The maximum absolute atomic E-state index is 14.1. The van der Waals surface area contributed by atoms with Crippen LogP contribution in [-0.4, -0.2) is 68.5 Å². The first-order valence-electron chi connectivity index (χ1n) is 15.4. The summed E-state index contributed by atoms with van der Waals surface area (Å²) in [4.78, 5) is 50.5. The molecule has 0 radical (unpaired) electrons. The fraction of sp³-hybridized carbons (Fsp3) is 0.324. The van der Waals surface area contributed by atoms with Crippen molar-refractivity contribution in [1.29, 1.82) is 0 Å². The number of hydrazine groups is 1. The van der Waals surface area contributed by atoms with E-state index in [1.807, 2.05) is 29.2 Å². The molecule has 14 heteroatoms. The average molecular weight is 678 g/mol. The Bertz CT molecular complexity index is 1780. The zero-order valence-corrected chi connectivity index (χ0v) is 27.8. The van der Waals surface area contributed by atoms with E-state index in [4.69, 9.17) is 21.1 Å². The number of benzene rings is 2. The van der Waals surface area contributed by atoms with Gasteiger partial charge in [0.05, 0.1) is 16.8 Å². The normalized spacial score (nSPS) is 16.0. The zero-order chi connectivity index (χ0) is 34.4. The number of amides is 3. The van der Waals surface area contributed by atoms with E-state index in [0.717, 1.165) is 10.8 Å². The fourth-order valence-corrected chi connectivity index (χ4v) is 5.37. The molecule has 2 atom stereocenters. The van der Waals surface area contributed by atoms with Crippen molar-refractivity contribution in [3.05, 3.63) is 95.4 Å². The summed E-state index contributed by atoms with van der Waals surface area (Å²) in [6.45, 7) is 6.62. The van der Waals surface area contributed by atoms with Gasteiger partial charge in [0.1, 0.15) is 30.0 Å². The molecule has 48 heavy (non-hydrogen) atoms. The molecule has 0 bridgehead atoms. The number of rotatable bonds is 10. The summed E-state index contributed by atoms with van der Waals surface area (Å²) in [5, 5.41) is 5.77. The van der Waals surface area contributed by atoms with E-state index in [0.29, 0.717) is 29.9 Å². The van der Waals surface area contributed by atoms with Gasteiger partial charge in [-0.2, -0.15) is 0 Å². The first-order valence-corrected chi connectivity index (χ1v) is 15.7. The molecule has 5 rings (SSSR count). The minimum atomic E-state index is -0.746. The molecule has 252 valence electrons. The van der Waals surface area contributed by atoms with E-state index < -0.39 is 29.6 Å². The molecule has 3 amide bonds. The van der Waals surface area contributed by atoms with Gasteiger partial charge in [-0.1, -0.05) is 48.0 Å². The Kier molecular flexibility index (Phi) is 10.6. The second kappa shape index (κ2) is 14.8. The van der Waals surface area contributed by atoms with E-state index >= 15 is 0 Å². The van der Waals surface area contributed by atoms with Crippen molar-refractivity contribution in [2.75, 3.05) is 11.9 Å². The largest absolute Gasteiger partial charge is 0.447 e. The Morgan fingerprint density at radius 1 is 1.10 bits per heavy atom. The molecule has 1 aromatic heterocycles. The van der Waals surface area contributed by atoms with Crippen LogP contribution in [0.15, 0.2) is 84.0 Å². The predicted octanol–water partition coefficient (Wildman–Crippen LogP) is 6.55. The van der Waals surface area contributed by atoms with Gasteiger partial charge in [0, 0.05) is 49.9 Å². The SMILES string of the molecule is CC(=O)N(NCc1cccc(F)c1Cl)[C@@H](CCC1N=CC2=CN(C(=O)OC(C)(C)C)C=CN21)COC(=O)Nc1cc2ccccc2cn1. The highest BCUT2D eigenvalue weighted by molar-refractivity contribution is 6.31. The van der Waals surface area contributed by atoms with Crippen LogP contribution in [0, 0.1) is 5.82 Å². The molecule has 0 spiro atoms. The summed E-state index contributed by atoms with van der Waals surface area (Å²) >= 11 is 6.16. The zero-order valence-electron chi connectivity index (χ0n) is 27.0. The minimum Gasteiger partial charge on any atom is -0.447 e. The topological polar surface area (TPSA) is 129 Å². The number of allylic oxidation sites excluding steroid dienone is 1. The number of anilines is 1. The Morgan fingerprint density at radius 2 is 1.88 bits per heavy atom. The van der Waals surface area contributed by atoms with Gasteiger partial charge in [0.15, 0.2) is 0 Å². The van der Waals surface area contributed by atoms with Gasteiger partial charge in [-0.05, 0) is 56.7 Å². The Labute approximate surface area is 282 Å². The maximum atomic E-state index is 14.1. The van der Waals surface area contributed by atoms with Crippen molar-refractivity contribution < 1.29 is 28.2 Å². The first-order chi connectivity index (χ1) is 22.9. The molecular weight excluding hydrogens is 641 g/mol. The number of pyridine rings is 1. The molecule has 0 saturated heterocycles. The van der Waals surface area contributed by atoms with Gasteiger partial charge < -0.3 is 14.4 Å². The number of nitrogens with zero attached hydrogens (tertiary/aromatic N) is 5. The van der Waals surface area contributed by atoms with E-state index in [1.165, 1.54) is 29.0 Å².